The minimum atomic E-state index is -0.770. The zero-order valence-electron chi connectivity index (χ0n) is 9.89. The quantitative estimate of drug-likeness (QED) is 0.754. The van der Waals surface area contributed by atoms with Crippen molar-refractivity contribution in [2.45, 2.75) is 31.3 Å². The summed E-state index contributed by atoms with van der Waals surface area (Å²) in [5, 5.41) is 12.3. The number of aromatic amines is 1. The monoisotopic (exact) mass is 245 g/mol. The zero-order valence-corrected chi connectivity index (χ0v) is 9.89. The number of fused-ring (bicyclic) bond motifs is 1. The average Bonchev–Trinajstić information content (AvgIpc) is 2.87. The molecule has 1 aliphatic rings. The molecule has 0 saturated carbocycles. The molecule has 5 nitrogen and oxygen atoms in total. The Morgan fingerprint density at radius 1 is 1.39 bits per heavy atom. The number of aromatic nitrogens is 2. The fourth-order valence-corrected chi connectivity index (χ4v) is 2.65. The van der Waals surface area contributed by atoms with Crippen LogP contribution < -0.4 is 5.32 Å². The molecule has 0 spiro atoms. The molecule has 94 valence electrons. The number of benzene rings is 1. The molecular formula is C13H15N3O2. The van der Waals surface area contributed by atoms with E-state index in [-0.39, 0.29) is 6.04 Å². The van der Waals surface area contributed by atoms with Crippen LogP contribution in [0.4, 0.5) is 0 Å². The molecule has 1 aromatic heterocycles. The van der Waals surface area contributed by atoms with Gasteiger partial charge in [0.25, 0.3) is 0 Å². The second kappa shape index (κ2) is 4.42. The van der Waals surface area contributed by atoms with Gasteiger partial charge in [-0.05, 0) is 30.9 Å². The van der Waals surface area contributed by atoms with Crippen LogP contribution in [0, 0.1) is 0 Å². The Bertz CT molecular complexity index is 578. The van der Waals surface area contributed by atoms with Crippen molar-refractivity contribution in [3.05, 3.63) is 30.1 Å². The summed E-state index contributed by atoms with van der Waals surface area (Å²) < 4.78 is 0. The lowest BCUT2D eigenvalue weighted by molar-refractivity contribution is -0.140. The molecule has 1 aromatic carbocycles. The van der Waals surface area contributed by atoms with Crippen molar-refractivity contribution < 1.29 is 9.90 Å². The molecule has 1 aliphatic heterocycles. The Morgan fingerprint density at radius 2 is 2.28 bits per heavy atom. The van der Waals surface area contributed by atoms with E-state index < -0.39 is 12.0 Å². The average molecular weight is 245 g/mol. The molecule has 2 aromatic rings. The molecule has 5 heteroatoms. The largest absolute Gasteiger partial charge is 0.480 e. The molecule has 0 aliphatic carbocycles. The Hall–Kier alpha value is -1.88. The van der Waals surface area contributed by atoms with Crippen LogP contribution in [0.3, 0.4) is 0 Å². The molecule has 0 bridgehead atoms. The number of nitrogens with one attached hydrogen (secondary N) is 2. The van der Waals surface area contributed by atoms with Gasteiger partial charge in [-0.15, -0.1) is 0 Å². The summed E-state index contributed by atoms with van der Waals surface area (Å²) >= 11 is 0. The SMILES string of the molecule is O=C(O)C1CCCC(c2cccc3[nH]cnc23)N1. The van der Waals surface area contributed by atoms with Crippen molar-refractivity contribution in [3.8, 4) is 0 Å². The number of para-hydroxylation sites is 1. The molecule has 2 unspecified atom stereocenters. The highest BCUT2D eigenvalue weighted by atomic mass is 16.4. The minimum Gasteiger partial charge on any atom is -0.480 e. The van der Waals surface area contributed by atoms with Crippen molar-refractivity contribution in [1.29, 1.82) is 0 Å². The number of nitrogens with zero attached hydrogens (tertiary/aromatic N) is 1. The maximum Gasteiger partial charge on any atom is 0.320 e. The summed E-state index contributed by atoms with van der Waals surface area (Å²) in [6.07, 6.45) is 4.25. The van der Waals surface area contributed by atoms with Crippen molar-refractivity contribution in [2.24, 2.45) is 0 Å². The third-order valence-corrected chi connectivity index (χ3v) is 3.54. The van der Waals surface area contributed by atoms with Gasteiger partial charge in [0, 0.05) is 6.04 Å². The highest BCUT2D eigenvalue weighted by molar-refractivity contribution is 5.79. The fraction of sp³-hybridized carbons (Fsp3) is 0.385. The van der Waals surface area contributed by atoms with Gasteiger partial charge in [0.1, 0.15) is 6.04 Å². The number of imidazole rings is 1. The van der Waals surface area contributed by atoms with Crippen molar-refractivity contribution in [1.82, 2.24) is 15.3 Å². The molecular weight excluding hydrogens is 230 g/mol. The maximum absolute atomic E-state index is 11.1. The van der Waals surface area contributed by atoms with Crippen LogP contribution in [0.15, 0.2) is 24.5 Å². The van der Waals surface area contributed by atoms with Crippen LogP contribution in [0.1, 0.15) is 30.9 Å². The lowest BCUT2D eigenvalue weighted by Crippen LogP contribution is -2.42. The Kier molecular flexibility index (Phi) is 2.76. The van der Waals surface area contributed by atoms with Gasteiger partial charge in [-0.1, -0.05) is 12.1 Å². The first-order valence-corrected chi connectivity index (χ1v) is 6.16. The topological polar surface area (TPSA) is 78.0 Å². The summed E-state index contributed by atoms with van der Waals surface area (Å²) in [6, 6.07) is 5.60. The summed E-state index contributed by atoms with van der Waals surface area (Å²) in [4.78, 5) is 18.5. The lowest BCUT2D eigenvalue weighted by atomic mass is 9.93. The van der Waals surface area contributed by atoms with Gasteiger partial charge >= 0.3 is 5.97 Å². The predicted octanol–water partition coefficient (Wildman–Crippen LogP) is 1.83. The van der Waals surface area contributed by atoms with Gasteiger partial charge in [-0.25, -0.2) is 4.98 Å². The van der Waals surface area contributed by atoms with Crippen molar-refractivity contribution in [2.75, 3.05) is 0 Å². The molecule has 0 radical (unpaired) electrons. The predicted molar refractivity (Wildman–Crippen MR) is 67.2 cm³/mol. The number of carboxylic acid groups (broad SMARTS) is 1. The Balaban J connectivity index is 1.94. The third-order valence-electron chi connectivity index (χ3n) is 3.54. The molecule has 0 amide bonds. The van der Waals surface area contributed by atoms with Crippen LogP contribution in [0.2, 0.25) is 0 Å². The van der Waals surface area contributed by atoms with Crippen LogP contribution in [0.5, 0.6) is 0 Å². The second-order valence-electron chi connectivity index (χ2n) is 4.69. The molecule has 18 heavy (non-hydrogen) atoms. The van der Waals surface area contributed by atoms with E-state index in [1.165, 1.54) is 0 Å². The summed E-state index contributed by atoms with van der Waals surface area (Å²) in [7, 11) is 0. The second-order valence-corrected chi connectivity index (χ2v) is 4.69. The van der Waals surface area contributed by atoms with Gasteiger partial charge in [0.15, 0.2) is 0 Å². The maximum atomic E-state index is 11.1. The summed E-state index contributed by atoms with van der Waals surface area (Å²) in [5.41, 5.74) is 3.01. The van der Waals surface area contributed by atoms with Gasteiger partial charge in [-0.2, -0.15) is 0 Å². The van der Waals surface area contributed by atoms with E-state index in [9.17, 15) is 4.79 Å². The number of hydrogen-bond acceptors (Lipinski definition) is 3. The van der Waals surface area contributed by atoms with Crippen molar-refractivity contribution in [3.63, 3.8) is 0 Å². The van der Waals surface area contributed by atoms with Crippen molar-refractivity contribution >= 4 is 17.0 Å². The number of aliphatic carboxylic acids is 1. The van der Waals surface area contributed by atoms with Gasteiger partial charge in [0.05, 0.1) is 17.4 Å². The third kappa shape index (κ3) is 1.86. The number of hydrogen-bond donors (Lipinski definition) is 3. The van der Waals surface area contributed by atoms with E-state index in [1.807, 2.05) is 18.2 Å². The Morgan fingerprint density at radius 3 is 3.11 bits per heavy atom. The van der Waals surface area contributed by atoms with E-state index >= 15 is 0 Å². The van der Waals surface area contributed by atoms with E-state index in [2.05, 4.69) is 15.3 Å². The first-order valence-electron chi connectivity index (χ1n) is 6.16. The smallest absolute Gasteiger partial charge is 0.320 e. The first kappa shape index (κ1) is 11.2. The molecule has 1 saturated heterocycles. The standard InChI is InChI=1S/C13H15N3O2/c17-13(18)11-6-2-4-9(16-11)8-3-1-5-10-12(8)15-7-14-10/h1,3,5,7,9,11,16H,2,4,6H2,(H,14,15)(H,17,18). The summed E-state index contributed by atoms with van der Waals surface area (Å²) in [6.45, 7) is 0. The molecule has 3 N–H and O–H groups in total. The van der Waals surface area contributed by atoms with E-state index in [0.29, 0.717) is 6.42 Å². The zero-order chi connectivity index (χ0) is 12.5. The van der Waals surface area contributed by atoms with E-state index in [4.69, 9.17) is 5.11 Å². The Labute approximate surface area is 104 Å². The number of rotatable bonds is 2. The molecule has 1 fully saturated rings. The number of carbonyl (C=O) groups is 1. The number of H-pyrrole nitrogens is 1. The van der Waals surface area contributed by atoms with Crippen LogP contribution >= 0.6 is 0 Å². The van der Waals surface area contributed by atoms with Crippen LogP contribution in [-0.4, -0.2) is 27.1 Å². The first-order chi connectivity index (χ1) is 8.75. The summed E-state index contributed by atoms with van der Waals surface area (Å²) in [5.74, 6) is -0.770. The number of piperidine rings is 1. The van der Waals surface area contributed by atoms with Crippen LogP contribution in [0.25, 0.3) is 11.0 Å². The molecule has 2 heterocycles. The molecule has 2 atom stereocenters. The van der Waals surface area contributed by atoms with E-state index in [1.54, 1.807) is 6.33 Å². The lowest BCUT2D eigenvalue weighted by Gasteiger charge is -2.29. The van der Waals surface area contributed by atoms with E-state index in [0.717, 1.165) is 29.4 Å². The van der Waals surface area contributed by atoms with Gasteiger partial charge < -0.3 is 10.1 Å². The highest BCUT2D eigenvalue weighted by Crippen LogP contribution is 2.29. The number of carboxylic acids is 1. The highest BCUT2D eigenvalue weighted by Gasteiger charge is 2.27. The normalized spacial score (nSPS) is 24.2. The van der Waals surface area contributed by atoms with Crippen LogP contribution in [-0.2, 0) is 4.79 Å². The molecule has 3 rings (SSSR count). The van der Waals surface area contributed by atoms with Gasteiger partial charge in [0.2, 0.25) is 0 Å². The minimum absolute atomic E-state index is 0.0758. The van der Waals surface area contributed by atoms with Gasteiger partial charge in [-0.3, -0.25) is 10.1 Å². The fourth-order valence-electron chi connectivity index (χ4n) is 2.65.